The molecule has 0 aliphatic carbocycles. The van der Waals surface area contributed by atoms with Gasteiger partial charge in [0, 0.05) is 6.20 Å². The molecule has 0 spiro atoms. The van der Waals surface area contributed by atoms with E-state index < -0.39 is 5.50 Å². The van der Waals surface area contributed by atoms with Crippen molar-refractivity contribution >= 4 is 23.2 Å². The van der Waals surface area contributed by atoms with Crippen molar-refractivity contribution in [2.75, 3.05) is 0 Å². The first kappa shape index (κ1) is 7.67. The van der Waals surface area contributed by atoms with E-state index in [-0.39, 0.29) is 5.62 Å². The van der Waals surface area contributed by atoms with E-state index in [0.29, 0.717) is 5.57 Å². The molecule has 0 fully saturated rings. The van der Waals surface area contributed by atoms with Crippen LogP contribution >= 0.6 is 23.2 Å². The van der Waals surface area contributed by atoms with Gasteiger partial charge in [0.05, 0.1) is 11.6 Å². The molecule has 2 unspecified atom stereocenters. The summed E-state index contributed by atoms with van der Waals surface area (Å²) in [5, 5.41) is 13.8. The highest BCUT2D eigenvalue weighted by Crippen LogP contribution is 2.10. The minimum absolute atomic E-state index is 0.389. The molecular weight excluding hydrogens is 173 g/mol. The molecule has 0 bridgehead atoms. The Morgan fingerprint density at radius 3 is 2.80 bits per heavy atom. The molecule has 1 aliphatic heterocycles. The molecule has 3 nitrogen and oxygen atoms in total. The molecule has 0 aromatic heterocycles. The topological polar surface area (TPSA) is 47.9 Å². The van der Waals surface area contributed by atoms with E-state index in [9.17, 15) is 0 Å². The average molecular weight is 178 g/mol. The Kier molecular flexibility index (Phi) is 2.39. The van der Waals surface area contributed by atoms with Crippen LogP contribution in [0.4, 0.5) is 0 Å². The second-order valence-electron chi connectivity index (χ2n) is 1.77. The average Bonchev–Trinajstić information content (AvgIpc) is 1.88. The van der Waals surface area contributed by atoms with Crippen LogP contribution in [0.1, 0.15) is 0 Å². The van der Waals surface area contributed by atoms with Crippen molar-refractivity contribution < 1.29 is 0 Å². The van der Waals surface area contributed by atoms with Crippen molar-refractivity contribution in [2.24, 2.45) is 0 Å². The number of hydrogen-bond donors (Lipinski definition) is 2. The van der Waals surface area contributed by atoms with Gasteiger partial charge in [0.1, 0.15) is 5.50 Å². The first-order valence-corrected chi connectivity index (χ1v) is 3.51. The van der Waals surface area contributed by atoms with Gasteiger partial charge in [-0.3, -0.25) is 5.32 Å². The Bertz CT molecular complexity index is 196. The number of nitrogens with zero attached hydrogens (tertiary/aromatic N) is 1. The summed E-state index contributed by atoms with van der Waals surface area (Å²) in [6.07, 6.45) is 1.51. The minimum Gasteiger partial charge on any atom is -0.362 e. The lowest BCUT2D eigenvalue weighted by molar-refractivity contribution is 0.574. The Morgan fingerprint density at radius 1 is 1.60 bits per heavy atom. The van der Waals surface area contributed by atoms with Gasteiger partial charge < -0.3 is 5.32 Å². The van der Waals surface area contributed by atoms with Gasteiger partial charge in [0.2, 0.25) is 0 Å². The molecule has 1 aliphatic rings. The Hall–Kier alpha value is -0.430. The molecule has 10 heavy (non-hydrogen) atoms. The van der Waals surface area contributed by atoms with Crippen LogP contribution in [-0.4, -0.2) is 11.1 Å². The van der Waals surface area contributed by atoms with Gasteiger partial charge in [-0.15, -0.1) is 0 Å². The Labute approximate surface area is 68.6 Å². The fourth-order valence-corrected chi connectivity index (χ4v) is 1.08. The lowest BCUT2D eigenvalue weighted by Gasteiger charge is -2.21. The van der Waals surface area contributed by atoms with Crippen LogP contribution in [-0.2, 0) is 0 Å². The monoisotopic (exact) mass is 177 g/mol. The van der Waals surface area contributed by atoms with Crippen molar-refractivity contribution in [3.63, 3.8) is 0 Å². The normalized spacial score (nSPS) is 31.9. The summed E-state index contributed by atoms with van der Waals surface area (Å²) in [6, 6.07) is 1.92. The molecule has 0 saturated heterocycles. The van der Waals surface area contributed by atoms with Crippen LogP contribution in [0.2, 0.25) is 0 Å². The summed E-state index contributed by atoms with van der Waals surface area (Å²) in [6.45, 7) is 0. The predicted molar refractivity (Wildman–Crippen MR) is 39.2 cm³/mol. The van der Waals surface area contributed by atoms with Gasteiger partial charge in [0.25, 0.3) is 0 Å². The smallest absolute Gasteiger partial charge is 0.156 e. The first-order valence-electron chi connectivity index (χ1n) is 2.64. The third-order valence-electron chi connectivity index (χ3n) is 1.08. The van der Waals surface area contributed by atoms with E-state index in [1.54, 1.807) is 0 Å². The third-order valence-corrected chi connectivity index (χ3v) is 1.69. The van der Waals surface area contributed by atoms with Crippen LogP contribution in [0.25, 0.3) is 0 Å². The number of nitriles is 1. The maximum Gasteiger partial charge on any atom is 0.156 e. The summed E-state index contributed by atoms with van der Waals surface area (Å²) < 4.78 is 0. The highest BCUT2D eigenvalue weighted by molar-refractivity contribution is 6.24. The fraction of sp³-hybridized carbons (Fsp3) is 0.400. The van der Waals surface area contributed by atoms with E-state index in [1.807, 2.05) is 6.07 Å². The zero-order valence-corrected chi connectivity index (χ0v) is 6.45. The SMILES string of the molecule is N#CC1=CNC(Cl)NC1Cl. The molecule has 0 aromatic rings. The molecule has 0 radical (unpaired) electrons. The van der Waals surface area contributed by atoms with Gasteiger partial charge in [-0.2, -0.15) is 5.26 Å². The maximum absolute atomic E-state index is 8.42. The quantitative estimate of drug-likeness (QED) is 0.423. The van der Waals surface area contributed by atoms with Gasteiger partial charge in [-0.25, -0.2) is 0 Å². The lowest BCUT2D eigenvalue weighted by atomic mass is 10.3. The number of rotatable bonds is 0. The van der Waals surface area contributed by atoms with Crippen LogP contribution in [0.3, 0.4) is 0 Å². The van der Waals surface area contributed by atoms with Crippen LogP contribution in [0.15, 0.2) is 11.8 Å². The predicted octanol–water partition coefficient (Wildman–Crippen LogP) is 0.674. The maximum atomic E-state index is 8.42. The molecule has 0 aromatic carbocycles. The fourth-order valence-electron chi connectivity index (χ4n) is 0.591. The van der Waals surface area contributed by atoms with Crippen LogP contribution in [0.5, 0.6) is 0 Å². The molecule has 5 heteroatoms. The Morgan fingerprint density at radius 2 is 2.30 bits per heavy atom. The van der Waals surface area contributed by atoms with Crippen molar-refractivity contribution in [1.29, 1.82) is 5.26 Å². The third kappa shape index (κ3) is 1.54. The summed E-state index contributed by atoms with van der Waals surface area (Å²) in [5.41, 5.74) is -0.424. The molecule has 1 heterocycles. The number of halogens is 2. The molecule has 2 atom stereocenters. The van der Waals surface area contributed by atoms with E-state index in [2.05, 4.69) is 10.6 Å². The minimum atomic E-state index is -0.478. The van der Waals surface area contributed by atoms with Crippen molar-refractivity contribution in [3.8, 4) is 6.07 Å². The summed E-state index contributed by atoms with van der Waals surface area (Å²) >= 11 is 11.2. The summed E-state index contributed by atoms with van der Waals surface area (Å²) in [5.74, 6) is 0. The van der Waals surface area contributed by atoms with Gasteiger partial charge >= 0.3 is 0 Å². The summed E-state index contributed by atoms with van der Waals surface area (Å²) in [4.78, 5) is 0. The molecule has 2 N–H and O–H groups in total. The number of nitrogens with one attached hydrogen (secondary N) is 2. The molecule has 1 rings (SSSR count). The zero-order valence-electron chi connectivity index (χ0n) is 4.94. The lowest BCUT2D eigenvalue weighted by Crippen LogP contribution is -2.44. The van der Waals surface area contributed by atoms with Crippen molar-refractivity contribution in [2.45, 2.75) is 11.1 Å². The van der Waals surface area contributed by atoms with Gasteiger partial charge in [0.15, 0.2) is 5.62 Å². The summed E-state index contributed by atoms with van der Waals surface area (Å²) in [7, 11) is 0. The van der Waals surface area contributed by atoms with E-state index in [4.69, 9.17) is 28.5 Å². The second-order valence-corrected chi connectivity index (χ2v) is 2.64. The Balaban J connectivity index is 2.68. The molecule has 54 valence electrons. The van der Waals surface area contributed by atoms with E-state index in [0.717, 1.165) is 0 Å². The van der Waals surface area contributed by atoms with Crippen LogP contribution in [0, 0.1) is 11.3 Å². The standard InChI is InChI=1S/C5H5Cl2N3/c6-4-3(1-8)2-9-5(7)10-4/h2,4-5,9-10H. The van der Waals surface area contributed by atoms with Crippen molar-refractivity contribution in [1.82, 2.24) is 10.6 Å². The zero-order chi connectivity index (χ0) is 7.56. The molecule has 0 saturated carbocycles. The molecular formula is C5H5Cl2N3. The van der Waals surface area contributed by atoms with Gasteiger partial charge in [-0.05, 0) is 0 Å². The van der Waals surface area contributed by atoms with E-state index >= 15 is 0 Å². The highest BCUT2D eigenvalue weighted by Gasteiger charge is 2.18. The number of hydrogen-bond acceptors (Lipinski definition) is 3. The van der Waals surface area contributed by atoms with E-state index in [1.165, 1.54) is 6.20 Å². The highest BCUT2D eigenvalue weighted by atomic mass is 35.5. The van der Waals surface area contributed by atoms with Crippen molar-refractivity contribution in [3.05, 3.63) is 11.8 Å². The van der Waals surface area contributed by atoms with Gasteiger partial charge in [-0.1, -0.05) is 23.2 Å². The molecule has 0 amide bonds. The second kappa shape index (κ2) is 3.11. The largest absolute Gasteiger partial charge is 0.362 e. The first-order chi connectivity index (χ1) is 4.74. The number of alkyl halides is 2. The van der Waals surface area contributed by atoms with Crippen LogP contribution < -0.4 is 10.6 Å².